The first-order valence-corrected chi connectivity index (χ1v) is 6.78. The molecule has 0 bridgehead atoms. The van der Waals surface area contributed by atoms with E-state index in [4.69, 9.17) is 16.6 Å². The predicted molar refractivity (Wildman–Crippen MR) is 81.6 cm³/mol. The molecule has 0 saturated heterocycles. The molecule has 1 aromatic carbocycles. The summed E-state index contributed by atoms with van der Waals surface area (Å²) in [6.07, 6.45) is 0. The van der Waals surface area contributed by atoms with Crippen molar-refractivity contribution in [2.75, 3.05) is 12.3 Å². The predicted octanol–water partition coefficient (Wildman–Crippen LogP) is 1.17. The first-order chi connectivity index (χ1) is 9.93. The van der Waals surface area contributed by atoms with Gasteiger partial charge in [0, 0.05) is 18.7 Å². The summed E-state index contributed by atoms with van der Waals surface area (Å²) in [6.45, 7) is 4.30. The highest BCUT2D eigenvalue weighted by Crippen LogP contribution is 2.27. The van der Waals surface area contributed by atoms with Crippen LogP contribution in [-0.2, 0) is 6.54 Å². The second-order valence-electron chi connectivity index (χ2n) is 5.31. The zero-order valence-electron chi connectivity index (χ0n) is 12.2. The number of rotatable bonds is 5. The van der Waals surface area contributed by atoms with Crippen LogP contribution in [0.3, 0.4) is 0 Å². The summed E-state index contributed by atoms with van der Waals surface area (Å²) in [7, 11) is 0. The number of aryl methyl sites for hydroxylation is 1. The molecule has 21 heavy (non-hydrogen) atoms. The molecule has 6 nitrogen and oxygen atoms in total. The van der Waals surface area contributed by atoms with Crippen molar-refractivity contribution in [2.24, 2.45) is 11.7 Å². The average Bonchev–Trinajstić information content (AvgIpc) is 2.76. The summed E-state index contributed by atoms with van der Waals surface area (Å²) < 4.78 is 1.52. The number of aliphatic hydroxyl groups is 1. The molecule has 112 valence electrons. The van der Waals surface area contributed by atoms with Gasteiger partial charge in [0.1, 0.15) is 17.1 Å². The lowest BCUT2D eigenvalue weighted by molar-refractivity contribution is 0.100. The van der Waals surface area contributed by atoms with Crippen LogP contribution in [0.4, 0.5) is 5.82 Å². The number of aliphatic hydroxyl groups excluding tert-OH is 1. The number of anilines is 1. The molecule has 0 saturated carbocycles. The van der Waals surface area contributed by atoms with E-state index >= 15 is 0 Å². The fourth-order valence-corrected chi connectivity index (χ4v) is 2.12. The van der Waals surface area contributed by atoms with Gasteiger partial charge in [-0.3, -0.25) is 4.79 Å². The van der Waals surface area contributed by atoms with E-state index in [9.17, 15) is 4.79 Å². The van der Waals surface area contributed by atoms with Crippen molar-refractivity contribution in [2.45, 2.75) is 20.4 Å². The summed E-state index contributed by atoms with van der Waals surface area (Å²) in [4.78, 5) is 11.7. The summed E-state index contributed by atoms with van der Waals surface area (Å²) in [5.41, 5.74) is 14.0. The lowest BCUT2D eigenvalue weighted by Crippen LogP contribution is -2.17. The van der Waals surface area contributed by atoms with E-state index in [2.05, 4.69) is 5.10 Å². The summed E-state index contributed by atoms with van der Waals surface area (Å²) in [5, 5.41) is 13.5. The summed E-state index contributed by atoms with van der Waals surface area (Å²) in [5.74, 6) is -0.386. The van der Waals surface area contributed by atoms with Crippen molar-refractivity contribution in [3.8, 4) is 11.3 Å². The van der Waals surface area contributed by atoms with Crippen LogP contribution in [0.5, 0.6) is 0 Å². The molecule has 5 N–H and O–H groups in total. The molecule has 1 heterocycles. The summed E-state index contributed by atoms with van der Waals surface area (Å²) in [6, 6.07) is 7.63. The Kier molecular flexibility index (Phi) is 4.28. The van der Waals surface area contributed by atoms with Crippen molar-refractivity contribution in [1.29, 1.82) is 0 Å². The smallest absolute Gasteiger partial charge is 0.254 e. The molecule has 0 aliphatic heterocycles. The molecule has 0 aliphatic carbocycles. The lowest BCUT2D eigenvalue weighted by Gasteiger charge is -2.09. The molecule has 1 unspecified atom stereocenters. The average molecular weight is 288 g/mol. The van der Waals surface area contributed by atoms with Crippen LogP contribution in [0, 0.1) is 12.8 Å². The quantitative estimate of drug-likeness (QED) is 0.767. The van der Waals surface area contributed by atoms with Crippen molar-refractivity contribution in [3.05, 3.63) is 35.4 Å². The van der Waals surface area contributed by atoms with Gasteiger partial charge < -0.3 is 16.6 Å². The normalized spacial score (nSPS) is 12.3. The van der Waals surface area contributed by atoms with Crippen LogP contribution in [-0.4, -0.2) is 27.4 Å². The van der Waals surface area contributed by atoms with E-state index in [-0.39, 0.29) is 23.9 Å². The Hall–Kier alpha value is -2.34. The third-order valence-electron chi connectivity index (χ3n) is 3.36. The Morgan fingerprint density at radius 2 is 2.00 bits per heavy atom. The molecular weight excluding hydrogens is 268 g/mol. The highest BCUT2D eigenvalue weighted by atomic mass is 16.3. The fourth-order valence-electron chi connectivity index (χ4n) is 2.12. The van der Waals surface area contributed by atoms with Crippen LogP contribution < -0.4 is 11.5 Å². The molecule has 0 radical (unpaired) electrons. The largest absolute Gasteiger partial charge is 0.396 e. The van der Waals surface area contributed by atoms with Gasteiger partial charge in [0.05, 0.1) is 0 Å². The first kappa shape index (κ1) is 15.1. The van der Waals surface area contributed by atoms with Gasteiger partial charge in [-0.2, -0.15) is 5.10 Å². The van der Waals surface area contributed by atoms with Gasteiger partial charge in [-0.1, -0.05) is 36.8 Å². The molecule has 2 rings (SSSR count). The second-order valence-corrected chi connectivity index (χ2v) is 5.31. The van der Waals surface area contributed by atoms with Gasteiger partial charge in [-0.15, -0.1) is 0 Å². The Bertz CT molecular complexity index is 646. The number of hydrogen-bond acceptors (Lipinski definition) is 4. The van der Waals surface area contributed by atoms with Gasteiger partial charge in [0.15, 0.2) is 0 Å². The third-order valence-corrected chi connectivity index (χ3v) is 3.36. The molecule has 0 aliphatic rings. The minimum Gasteiger partial charge on any atom is -0.396 e. The minimum absolute atomic E-state index is 0.0150. The maximum Gasteiger partial charge on any atom is 0.254 e. The van der Waals surface area contributed by atoms with E-state index in [0.29, 0.717) is 12.2 Å². The number of nitrogens with zero attached hydrogens (tertiary/aromatic N) is 2. The zero-order valence-corrected chi connectivity index (χ0v) is 12.2. The molecule has 1 amide bonds. The first-order valence-electron chi connectivity index (χ1n) is 6.78. The van der Waals surface area contributed by atoms with Crippen LogP contribution in [0.1, 0.15) is 22.8 Å². The van der Waals surface area contributed by atoms with Gasteiger partial charge in [-0.05, 0) is 12.8 Å². The number of aromatic nitrogens is 2. The molecule has 6 heteroatoms. The number of carbonyl (C=O) groups is 1. The standard InChI is InChI=1S/C15H20N4O2/c1-9-3-5-11(6-4-9)13-12(15(17)21)14(16)19(18-13)7-10(2)8-20/h3-6,10,20H,7-8,16H2,1-2H3,(H2,17,21). The molecule has 2 aromatic rings. The van der Waals surface area contributed by atoms with E-state index in [1.165, 1.54) is 4.68 Å². The van der Waals surface area contributed by atoms with Gasteiger partial charge in [-0.25, -0.2) is 4.68 Å². The maximum atomic E-state index is 11.7. The number of benzene rings is 1. The maximum absolute atomic E-state index is 11.7. The Morgan fingerprint density at radius 3 is 2.52 bits per heavy atom. The zero-order chi connectivity index (χ0) is 15.6. The highest BCUT2D eigenvalue weighted by Gasteiger charge is 2.22. The minimum atomic E-state index is -0.606. The van der Waals surface area contributed by atoms with Crippen LogP contribution in [0.25, 0.3) is 11.3 Å². The molecule has 0 spiro atoms. The number of amides is 1. The highest BCUT2D eigenvalue weighted by molar-refractivity contribution is 6.03. The molecule has 0 fully saturated rings. The number of hydrogen-bond donors (Lipinski definition) is 3. The Labute approximate surface area is 123 Å². The van der Waals surface area contributed by atoms with Gasteiger partial charge in [0.25, 0.3) is 5.91 Å². The monoisotopic (exact) mass is 288 g/mol. The Balaban J connectivity index is 2.51. The molecule has 1 aromatic heterocycles. The second kappa shape index (κ2) is 5.97. The van der Waals surface area contributed by atoms with Gasteiger partial charge >= 0.3 is 0 Å². The van der Waals surface area contributed by atoms with E-state index in [1.807, 2.05) is 38.1 Å². The number of nitrogen functional groups attached to an aromatic ring is 1. The van der Waals surface area contributed by atoms with E-state index < -0.39 is 5.91 Å². The number of nitrogens with two attached hydrogens (primary N) is 2. The SMILES string of the molecule is Cc1ccc(-c2nn(CC(C)CO)c(N)c2C(N)=O)cc1. The van der Waals surface area contributed by atoms with Crippen LogP contribution in [0.2, 0.25) is 0 Å². The topological polar surface area (TPSA) is 107 Å². The van der Waals surface area contributed by atoms with Crippen molar-refractivity contribution < 1.29 is 9.90 Å². The van der Waals surface area contributed by atoms with Crippen LogP contribution in [0.15, 0.2) is 24.3 Å². The van der Waals surface area contributed by atoms with Crippen LogP contribution >= 0.6 is 0 Å². The van der Waals surface area contributed by atoms with Gasteiger partial charge in [0.2, 0.25) is 0 Å². The third kappa shape index (κ3) is 3.05. The van der Waals surface area contributed by atoms with Crippen molar-refractivity contribution in [3.63, 3.8) is 0 Å². The molecular formula is C15H20N4O2. The number of primary amides is 1. The molecule has 1 atom stereocenters. The lowest BCUT2D eigenvalue weighted by atomic mass is 10.1. The van der Waals surface area contributed by atoms with E-state index in [1.54, 1.807) is 0 Å². The van der Waals surface area contributed by atoms with Crippen molar-refractivity contribution >= 4 is 11.7 Å². The fraction of sp³-hybridized carbons (Fsp3) is 0.333. The number of carbonyl (C=O) groups excluding carboxylic acids is 1. The summed E-state index contributed by atoms with van der Waals surface area (Å²) >= 11 is 0. The van der Waals surface area contributed by atoms with E-state index in [0.717, 1.165) is 11.1 Å². The Morgan fingerprint density at radius 1 is 1.38 bits per heavy atom. The van der Waals surface area contributed by atoms with Crippen molar-refractivity contribution in [1.82, 2.24) is 9.78 Å².